The van der Waals surface area contributed by atoms with E-state index in [0.29, 0.717) is 6.61 Å². The molecule has 4 nitrogen and oxygen atoms in total. The summed E-state index contributed by atoms with van der Waals surface area (Å²) in [5.41, 5.74) is 0. The first-order chi connectivity index (χ1) is 6.72. The van der Waals surface area contributed by atoms with E-state index in [2.05, 4.69) is 5.32 Å². The van der Waals surface area contributed by atoms with E-state index in [9.17, 15) is 0 Å². The van der Waals surface area contributed by atoms with Gasteiger partial charge < -0.3 is 19.7 Å². The fraction of sp³-hybridized carbons (Fsp3) is 0.889. The number of nitrogens with one attached hydrogen (secondary N) is 1. The van der Waals surface area contributed by atoms with Crippen molar-refractivity contribution in [1.29, 1.82) is 0 Å². The van der Waals surface area contributed by atoms with Gasteiger partial charge in [0.25, 0.3) is 0 Å². The van der Waals surface area contributed by atoms with Crippen LogP contribution in [0.4, 0.5) is 0 Å². The first-order valence-corrected chi connectivity index (χ1v) is 5.10. The lowest BCUT2D eigenvalue weighted by Gasteiger charge is -2.20. The zero-order chi connectivity index (χ0) is 10.8. The molecule has 0 radical (unpaired) electrons. The molecule has 0 aromatic rings. The highest BCUT2D eigenvalue weighted by Crippen LogP contribution is 1.89. The predicted octanol–water partition coefficient (Wildman–Crippen LogP) is 0.476. The van der Waals surface area contributed by atoms with E-state index in [4.69, 9.17) is 21.7 Å². The molecule has 1 N–H and O–H groups in total. The van der Waals surface area contributed by atoms with Crippen molar-refractivity contribution < 1.29 is 9.47 Å². The molecule has 0 atom stereocenters. The van der Waals surface area contributed by atoms with Gasteiger partial charge in [0.15, 0.2) is 5.11 Å². The number of hydrogen-bond donors (Lipinski definition) is 1. The molecule has 0 bridgehead atoms. The van der Waals surface area contributed by atoms with E-state index in [1.54, 1.807) is 14.2 Å². The summed E-state index contributed by atoms with van der Waals surface area (Å²) >= 11 is 5.16. The molecule has 0 heterocycles. The molecular weight excluding hydrogens is 200 g/mol. The first kappa shape index (κ1) is 13.6. The summed E-state index contributed by atoms with van der Waals surface area (Å²) in [6, 6.07) is 0. The van der Waals surface area contributed by atoms with Crippen LogP contribution in [0.5, 0.6) is 0 Å². The monoisotopic (exact) mass is 220 g/mol. The maximum atomic E-state index is 5.16. The van der Waals surface area contributed by atoms with Crippen molar-refractivity contribution in [2.24, 2.45) is 0 Å². The van der Waals surface area contributed by atoms with E-state index in [0.717, 1.165) is 31.2 Å². The van der Waals surface area contributed by atoms with Gasteiger partial charge in [0.2, 0.25) is 0 Å². The number of ether oxygens (including phenoxy) is 2. The summed E-state index contributed by atoms with van der Waals surface area (Å²) in [6.07, 6.45) is 0.985. The van der Waals surface area contributed by atoms with Crippen LogP contribution in [0.2, 0.25) is 0 Å². The molecule has 84 valence electrons. The Bertz CT molecular complexity index is 156. The van der Waals surface area contributed by atoms with E-state index in [-0.39, 0.29) is 0 Å². The van der Waals surface area contributed by atoms with Gasteiger partial charge in [0.1, 0.15) is 0 Å². The molecule has 0 saturated carbocycles. The highest BCUT2D eigenvalue weighted by molar-refractivity contribution is 7.80. The van der Waals surface area contributed by atoms with Crippen LogP contribution in [0.3, 0.4) is 0 Å². The van der Waals surface area contributed by atoms with Crippen LogP contribution in [-0.2, 0) is 9.47 Å². The van der Waals surface area contributed by atoms with Crippen LogP contribution in [0.1, 0.15) is 6.42 Å². The molecule has 0 aliphatic heterocycles. The second-order valence-corrected chi connectivity index (χ2v) is 3.38. The van der Waals surface area contributed by atoms with Crippen molar-refractivity contribution in [2.75, 3.05) is 47.6 Å². The molecule has 0 amide bonds. The van der Waals surface area contributed by atoms with Crippen LogP contribution in [0, 0.1) is 0 Å². The summed E-state index contributed by atoms with van der Waals surface area (Å²) < 4.78 is 9.87. The van der Waals surface area contributed by atoms with Crippen LogP contribution in [0.25, 0.3) is 0 Å². The van der Waals surface area contributed by atoms with E-state index in [1.165, 1.54) is 0 Å². The average molecular weight is 220 g/mol. The number of nitrogens with zero attached hydrogens (tertiary/aromatic N) is 1. The van der Waals surface area contributed by atoms with Crippen LogP contribution in [-0.4, -0.2) is 57.6 Å². The smallest absolute Gasteiger partial charge is 0.168 e. The predicted molar refractivity (Wildman–Crippen MR) is 61.6 cm³/mol. The molecule has 0 unspecified atom stereocenters. The number of rotatable bonds is 7. The van der Waals surface area contributed by atoms with Crippen molar-refractivity contribution in [3.05, 3.63) is 0 Å². The van der Waals surface area contributed by atoms with Gasteiger partial charge in [-0.1, -0.05) is 0 Å². The Morgan fingerprint density at radius 2 is 1.93 bits per heavy atom. The average Bonchev–Trinajstić information content (AvgIpc) is 2.18. The zero-order valence-corrected chi connectivity index (χ0v) is 10.0. The summed E-state index contributed by atoms with van der Waals surface area (Å²) in [4.78, 5) is 2.00. The van der Waals surface area contributed by atoms with Gasteiger partial charge >= 0.3 is 0 Å². The molecule has 5 heteroatoms. The maximum Gasteiger partial charge on any atom is 0.168 e. The minimum absolute atomic E-state index is 0.673. The Balaban J connectivity index is 3.44. The Morgan fingerprint density at radius 1 is 1.29 bits per heavy atom. The van der Waals surface area contributed by atoms with Gasteiger partial charge in [-0.2, -0.15) is 0 Å². The highest BCUT2D eigenvalue weighted by Gasteiger charge is 2.01. The minimum Gasteiger partial charge on any atom is -0.385 e. The fourth-order valence-electron chi connectivity index (χ4n) is 0.943. The largest absolute Gasteiger partial charge is 0.385 e. The summed E-state index contributed by atoms with van der Waals surface area (Å²) in [6.45, 7) is 3.10. The van der Waals surface area contributed by atoms with Crippen LogP contribution in [0.15, 0.2) is 0 Å². The molecule has 0 aliphatic rings. The van der Waals surface area contributed by atoms with E-state index < -0.39 is 0 Å². The van der Waals surface area contributed by atoms with Crippen LogP contribution >= 0.6 is 12.2 Å². The zero-order valence-electron chi connectivity index (χ0n) is 9.21. The van der Waals surface area contributed by atoms with Gasteiger partial charge in [-0.3, -0.25) is 0 Å². The molecule has 0 aliphatic carbocycles. The third kappa shape index (κ3) is 7.06. The molecule has 0 rings (SSSR count). The lowest BCUT2D eigenvalue weighted by Crippen LogP contribution is -2.39. The molecule has 0 aromatic heterocycles. The van der Waals surface area contributed by atoms with E-state index >= 15 is 0 Å². The molecule has 0 aromatic carbocycles. The first-order valence-electron chi connectivity index (χ1n) is 4.69. The molecule has 0 spiro atoms. The number of thiocarbonyl (C=S) groups is 1. The Morgan fingerprint density at radius 3 is 2.50 bits per heavy atom. The Kier molecular flexibility index (Phi) is 8.92. The van der Waals surface area contributed by atoms with Crippen molar-refractivity contribution in [3.8, 4) is 0 Å². The minimum atomic E-state index is 0.673. The molecule has 0 fully saturated rings. The number of methoxy groups -OCH3 is 2. The summed E-state index contributed by atoms with van der Waals surface area (Å²) in [7, 11) is 5.35. The quantitative estimate of drug-likeness (QED) is 0.498. The van der Waals surface area contributed by atoms with Crippen LogP contribution < -0.4 is 5.32 Å². The highest BCUT2D eigenvalue weighted by atomic mass is 32.1. The molecular formula is C9H20N2O2S. The normalized spacial score (nSPS) is 9.93. The van der Waals surface area contributed by atoms with Gasteiger partial charge in [-0.25, -0.2) is 0 Å². The lowest BCUT2D eigenvalue weighted by atomic mass is 10.4. The van der Waals surface area contributed by atoms with Crippen molar-refractivity contribution in [2.45, 2.75) is 6.42 Å². The van der Waals surface area contributed by atoms with Crippen molar-refractivity contribution in [1.82, 2.24) is 10.2 Å². The maximum absolute atomic E-state index is 5.16. The molecule has 0 saturated heterocycles. The Hall–Kier alpha value is -0.390. The summed E-state index contributed by atoms with van der Waals surface area (Å²) in [5.74, 6) is 0. The van der Waals surface area contributed by atoms with Crippen molar-refractivity contribution in [3.63, 3.8) is 0 Å². The third-order valence-electron chi connectivity index (χ3n) is 1.77. The van der Waals surface area contributed by atoms with Gasteiger partial charge in [0, 0.05) is 41.0 Å². The second kappa shape index (κ2) is 9.18. The fourth-order valence-corrected chi connectivity index (χ4v) is 1.14. The summed E-state index contributed by atoms with van der Waals surface area (Å²) in [5, 5.41) is 3.86. The van der Waals surface area contributed by atoms with E-state index in [1.807, 2.05) is 11.9 Å². The SMILES string of the molecule is COCCCN(C)C(=S)NCCOC. The molecule has 14 heavy (non-hydrogen) atoms. The topological polar surface area (TPSA) is 33.7 Å². The lowest BCUT2D eigenvalue weighted by molar-refractivity contribution is 0.188. The van der Waals surface area contributed by atoms with Crippen molar-refractivity contribution >= 4 is 17.3 Å². The van der Waals surface area contributed by atoms with Gasteiger partial charge in [0.05, 0.1) is 6.61 Å². The Labute approximate surface area is 91.6 Å². The van der Waals surface area contributed by atoms with Gasteiger partial charge in [-0.15, -0.1) is 0 Å². The number of hydrogen-bond acceptors (Lipinski definition) is 3. The van der Waals surface area contributed by atoms with Gasteiger partial charge in [-0.05, 0) is 18.6 Å². The third-order valence-corrected chi connectivity index (χ3v) is 2.23. The standard InChI is InChI=1S/C9H20N2O2S/c1-11(6-4-7-12-2)9(14)10-5-8-13-3/h4-8H2,1-3H3,(H,10,14). The second-order valence-electron chi connectivity index (χ2n) is 2.99.